The van der Waals surface area contributed by atoms with Gasteiger partial charge < -0.3 is 19.7 Å². The zero-order valence-electron chi connectivity index (χ0n) is 15.5. The zero-order chi connectivity index (χ0) is 18.4. The molecule has 0 amide bonds. The molecule has 1 atom stereocenters. The van der Waals surface area contributed by atoms with Crippen molar-refractivity contribution in [1.29, 1.82) is 0 Å². The molecule has 0 fully saturated rings. The van der Waals surface area contributed by atoms with E-state index in [1.165, 1.54) is 5.56 Å². The van der Waals surface area contributed by atoms with Crippen LogP contribution in [0.15, 0.2) is 42.5 Å². The van der Waals surface area contributed by atoms with Crippen LogP contribution in [0.5, 0.6) is 11.5 Å². The average molecular weight is 375 g/mol. The summed E-state index contributed by atoms with van der Waals surface area (Å²) >= 11 is 6.38. The van der Waals surface area contributed by atoms with E-state index >= 15 is 0 Å². The molecule has 0 saturated carbocycles. The molecule has 1 N–H and O–H groups in total. The third-order valence-corrected chi connectivity index (χ3v) is 4.90. The van der Waals surface area contributed by atoms with E-state index in [1.807, 2.05) is 12.1 Å². The van der Waals surface area contributed by atoms with Crippen LogP contribution in [0.25, 0.3) is 0 Å². The predicted octanol–water partition coefficient (Wildman–Crippen LogP) is 3.76. The average Bonchev–Trinajstić information content (AvgIpc) is 2.87. The van der Waals surface area contributed by atoms with Gasteiger partial charge in [0.1, 0.15) is 0 Å². The first-order valence-corrected chi connectivity index (χ1v) is 9.50. The molecule has 0 radical (unpaired) electrons. The monoisotopic (exact) mass is 374 g/mol. The van der Waals surface area contributed by atoms with E-state index < -0.39 is 0 Å². The minimum absolute atomic E-state index is 0.424. The number of halogens is 1. The SMILES string of the molecule is CN(C)C(CNCc1cc(Cl)c2c(c1)OCCCO2)Cc1ccccc1. The van der Waals surface area contributed by atoms with Gasteiger partial charge in [-0.25, -0.2) is 0 Å². The molecule has 1 unspecified atom stereocenters. The van der Waals surface area contributed by atoms with Crippen molar-refractivity contribution in [1.82, 2.24) is 10.2 Å². The maximum absolute atomic E-state index is 6.38. The van der Waals surface area contributed by atoms with E-state index in [0.717, 1.165) is 37.2 Å². The first kappa shape index (κ1) is 19.0. The molecule has 0 bridgehead atoms. The van der Waals surface area contributed by atoms with E-state index in [4.69, 9.17) is 21.1 Å². The van der Waals surface area contributed by atoms with Crippen LogP contribution in [0.4, 0.5) is 0 Å². The molecular formula is C21H27ClN2O2. The fourth-order valence-electron chi connectivity index (χ4n) is 3.09. The normalized spacial score (nSPS) is 14.9. The Morgan fingerprint density at radius 2 is 1.85 bits per heavy atom. The first-order valence-electron chi connectivity index (χ1n) is 9.12. The number of fused-ring (bicyclic) bond motifs is 1. The number of ether oxygens (including phenoxy) is 2. The fraction of sp³-hybridized carbons (Fsp3) is 0.429. The van der Waals surface area contributed by atoms with Crippen molar-refractivity contribution >= 4 is 11.6 Å². The second kappa shape index (κ2) is 9.26. The molecule has 1 aliphatic rings. The lowest BCUT2D eigenvalue weighted by Gasteiger charge is -2.25. The highest BCUT2D eigenvalue weighted by Gasteiger charge is 2.16. The number of hydrogen-bond donors (Lipinski definition) is 1. The summed E-state index contributed by atoms with van der Waals surface area (Å²) in [5.74, 6) is 1.42. The molecule has 3 rings (SSSR count). The summed E-state index contributed by atoms with van der Waals surface area (Å²) in [6.45, 7) is 2.96. The second-order valence-electron chi connectivity index (χ2n) is 6.89. The van der Waals surface area contributed by atoms with Gasteiger partial charge in [-0.3, -0.25) is 0 Å². The molecule has 0 saturated heterocycles. The van der Waals surface area contributed by atoms with Gasteiger partial charge >= 0.3 is 0 Å². The van der Waals surface area contributed by atoms with Gasteiger partial charge in [0.25, 0.3) is 0 Å². The molecule has 4 nitrogen and oxygen atoms in total. The number of benzene rings is 2. The van der Waals surface area contributed by atoms with Crippen molar-refractivity contribution in [3.05, 3.63) is 58.6 Å². The smallest absolute Gasteiger partial charge is 0.179 e. The van der Waals surface area contributed by atoms with E-state index in [2.05, 4.69) is 54.6 Å². The van der Waals surface area contributed by atoms with Crippen LogP contribution in [0.2, 0.25) is 5.02 Å². The van der Waals surface area contributed by atoms with Gasteiger partial charge in [0.2, 0.25) is 0 Å². The van der Waals surface area contributed by atoms with Crippen molar-refractivity contribution in [2.75, 3.05) is 33.9 Å². The maximum atomic E-state index is 6.38. The Morgan fingerprint density at radius 1 is 1.08 bits per heavy atom. The molecular weight excluding hydrogens is 348 g/mol. The van der Waals surface area contributed by atoms with Crippen LogP contribution in [0.1, 0.15) is 17.5 Å². The van der Waals surface area contributed by atoms with E-state index in [-0.39, 0.29) is 0 Å². The van der Waals surface area contributed by atoms with Crippen molar-refractivity contribution in [2.45, 2.75) is 25.4 Å². The Bertz CT molecular complexity index is 707. The number of likely N-dealkylation sites (N-methyl/N-ethyl adjacent to an activating group) is 1. The molecule has 0 aromatic heterocycles. The summed E-state index contributed by atoms with van der Waals surface area (Å²) in [6, 6.07) is 15.0. The standard InChI is InChI=1S/C21H27ClN2O2/c1-24(2)18(11-16-7-4-3-5-8-16)15-23-14-17-12-19(22)21-20(13-17)25-9-6-10-26-21/h3-5,7-8,12-13,18,23H,6,9-11,14-15H2,1-2H3. The quantitative estimate of drug-likeness (QED) is 0.800. The lowest BCUT2D eigenvalue weighted by molar-refractivity contribution is 0.281. The van der Waals surface area contributed by atoms with Crippen molar-refractivity contribution in [2.24, 2.45) is 0 Å². The summed E-state index contributed by atoms with van der Waals surface area (Å²) in [6.07, 6.45) is 1.89. The third-order valence-electron chi connectivity index (χ3n) is 4.62. The van der Waals surface area contributed by atoms with Crippen LogP contribution in [0, 0.1) is 0 Å². The molecule has 2 aromatic carbocycles. The molecule has 0 spiro atoms. The van der Waals surface area contributed by atoms with Crippen molar-refractivity contribution < 1.29 is 9.47 Å². The molecule has 1 heterocycles. The maximum Gasteiger partial charge on any atom is 0.179 e. The molecule has 1 aliphatic heterocycles. The number of nitrogens with one attached hydrogen (secondary N) is 1. The topological polar surface area (TPSA) is 33.7 Å². The van der Waals surface area contributed by atoms with Gasteiger partial charge in [0.05, 0.1) is 18.2 Å². The van der Waals surface area contributed by atoms with Gasteiger partial charge in [-0.05, 0) is 43.8 Å². The van der Waals surface area contributed by atoms with Crippen LogP contribution in [-0.2, 0) is 13.0 Å². The summed E-state index contributed by atoms with van der Waals surface area (Å²) in [5, 5.41) is 4.18. The fourth-order valence-corrected chi connectivity index (χ4v) is 3.38. The number of hydrogen-bond acceptors (Lipinski definition) is 4. The molecule has 26 heavy (non-hydrogen) atoms. The minimum Gasteiger partial charge on any atom is -0.489 e. The molecule has 0 aliphatic carbocycles. The Morgan fingerprint density at radius 3 is 2.62 bits per heavy atom. The predicted molar refractivity (Wildman–Crippen MR) is 106 cm³/mol. The molecule has 140 valence electrons. The van der Waals surface area contributed by atoms with Gasteiger partial charge in [0.15, 0.2) is 11.5 Å². The van der Waals surface area contributed by atoms with E-state index in [0.29, 0.717) is 30.0 Å². The third kappa shape index (κ3) is 5.13. The van der Waals surface area contributed by atoms with Gasteiger partial charge in [-0.2, -0.15) is 0 Å². The highest BCUT2D eigenvalue weighted by Crippen LogP contribution is 2.37. The Balaban J connectivity index is 1.59. The molecule has 2 aromatic rings. The van der Waals surface area contributed by atoms with Crippen LogP contribution < -0.4 is 14.8 Å². The Labute approximate surface area is 161 Å². The minimum atomic E-state index is 0.424. The Kier molecular flexibility index (Phi) is 6.78. The van der Waals surface area contributed by atoms with Crippen LogP contribution in [-0.4, -0.2) is 44.8 Å². The number of nitrogens with zero attached hydrogens (tertiary/aromatic N) is 1. The summed E-state index contributed by atoms with van der Waals surface area (Å²) in [7, 11) is 4.25. The Hall–Kier alpha value is -1.75. The first-order chi connectivity index (χ1) is 12.6. The van der Waals surface area contributed by atoms with Crippen molar-refractivity contribution in [3.63, 3.8) is 0 Å². The van der Waals surface area contributed by atoms with Crippen molar-refractivity contribution in [3.8, 4) is 11.5 Å². The van der Waals surface area contributed by atoms with E-state index in [1.54, 1.807) is 0 Å². The lowest BCUT2D eigenvalue weighted by atomic mass is 10.1. The highest BCUT2D eigenvalue weighted by atomic mass is 35.5. The van der Waals surface area contributed by atoms with Gasteiger partial charge in [-0.15, -0.1) is 0 Å². The largest absolute Gasteiger partial charge is 0.489 e. The molecule has 5 heteroatoms. The summed E-state index contributed by atoms with van der Waals surface area (Å²) in [4.78, 5) is 2.26. The zero-order valence-corrected chi connectivity index (χ0v) is 16.3. The van der Waals surface area contributed by atoms with E-state index in [9.17, 15) is 0 Å². The van der Waals surface area contributed by atoms with Gasteiger partial charge in [-0.1, -0.05) is 41.9 Å². The summed E-state index contributed by atoms with van der Waals surface area (Å²) in [5.41, 5.74) is 2.46. The summed E-state index contributed by atoms with van der Waals surface area (Å²) < 4.78 is 11.5. The van der Waals surface area contributed by atoms with Crippen LogP contribution >= 0.6 is 11.6 Å². The number of rotatable bonds is 7. The van der Waals surface area contributed by atoms with Crippen LogP contribution in [0.3, 0.4) is 0 Å². The highest BCUT2D eigenvalue weighted by molar-refractivity contribution is 6.32. The second-order valence-corrected chi connectivity index (χ2v) is 7.30. The lowest BCUT2D eigenvalue weighted by Crippen LogP contribution is -2.39. The van der Waals surface area contributed by atoms with Gasteiger partial charge in [0, 0.05) is 25.6 Å².